The largest absolute Gasteiger partial charge is 0.320 e. The van der Waals surface area contributed by atoms with Gasteiger partial charge in [-0.2, -0.15) is 0 Å². The first-order chi connectivity index (χ1) is 15.0. The quantitative estimate of drug-likeness (QED) is 0.731. The van der Waals surface area contributed by atoms with Gasteiger partial charge in [-0.05, 0) is 43.2 Å². The number of amides is 3. The Morgan fingerprint density at radius 2 is 1.87 bits per heavy atom. The van der Waals surface area contributed by atoms with Crippen LogP contribution in [0.4, 0.5) is 11.4 Å². The molecule has 4 aliphatic heterocycles. The highest BCUT2D eigenvalue weighted by atomic mass is 16.2. The Bertz CT molecular complexity index is 1140. The summed E-state index contributed by atoms with van der Waals surface area (Å²) >= 11 is 0. The highest BCUT2D eigenvalue weighted by Gasteiger charge is 2.78. The summed E-state index contributed by atoms with van der Waals surface area (Å²) in [6.07, 6.45) is 2.69. The molecular formula is C25H26N3O3+. The van der Waals surface area contributed by atoms with Crippen molar-refractivity contribution in [2.24, 2.45) is 11.8 Å². The number of fused-ring (bicyclic) bond motifs is 7. The Morgan fingerprint density at radius 3 is 2.61 bits per heavy atom. The number of imide groups is 1. The van der Waals surface area contributed by atoms with Crippen molar-refractivity contribution in [2.45, 2.75) is 44.7 Å². The molecular weight excluding hydrogens is 390 g/mol. The zero-order valence-electron chi connectivity index (χ0n) is 17.8. The molecule has 1 spiro atoms. The van der Waals surface area contributed by atoms with Crippen molar-refractivity contribution >= 4 is 29.1 Å². The maximum atomic E-state index is 13.9. The number of carbonyl (C=O) groups is 3. The first-order valence-electron chi connectivity index (χ1n) is 11.2. The van der Waals surface area contributed by atoms with Gasteiger partial charge in [0.15, 0.2) is 0 Å². The average Bonchev–Trinajstić information content (AvgIpc) is 3.47. The van der Waals surface area contributed by atoms with Crippen molar-refractivity contribution < 1.29 is 19.3 Å². The highest BCUT2D eigenvalue weighted by molar-refractivity contribution is 6.25. The van der Waals surface area contributed by atoms with E-state index in [4.69, 9.17) is 0 Å². The maximum Gasteiger partial charge on any atom is 0.291 e. The molecule has 0 saturated carbocycles. The molecule has 0 bridgehead atoms. The zero-order valence-corrected chi connectivity index (χ0v) is 17.8. The van der Waals surface area contributed by atoms with E-state index in [0.717, 1.165) is 53.1 Å². The van der Waals surface area contributed by atoms with Gasteiger partial charge in [0, 0.05) is 18.4 Å². The van der Waals surface area contributed by atoms with Gasteiger partial charge in [-0.1, -0.05) is 30.7 Å². The van der Waals surface area contributed by atoms with Crippen LogP contribution < -0.4 is 15.1 Å². The SMILES string of the molecule is CCc1ccc2c(c1)[C@]1(C(=O)N2)[C@@H]2C(=O)N(c3ccc(C)cc3)C(=O)[C@@H]2[C@@H]2CCC[NH+]21. The van der Waals surface area contributed by atoms with E-state index in [1.165, 1.54) is 4.90 Å². The van der Waals surface area contributed by atoms with Crippen LogP contribution in [0.2, 0.25) is 0 Å². The minimum absolute atomic E-state index is 0.00104. The lowest BCUT2D eigenvalue weighted by Crippen LogP contribution is -3.19. The van der Waals surface area contributed by atoms with Gasteiger partial charge in [0.1, 0.15) is 17.9 Å². The summed E-state index contributed by atoms with van der Waals surface area (Å²) in [5.41, 5.74) is 3.49. The van der Waals surface area contributed by atoms with E-state index >= 15 is 0 Å². The maximum absolute atomic E-state index is 13.9. The Balaban J connectivity index is 1.55. The molecule has 31 heavy (non-hydrogen) atoms. The average molecular weight is 417 g/mol. The Hall–Kier alpha value is -2.99. The van der Waals surface area contributed by atoms with Gasteiger partial charge in [-0.15, -0.1) is 0 Å². The molecule has 6 heteroatoms. The van der Waals surface area contributed by atoms with E-state index in [9.17, 15) is 14.4 Å². The number of benzene rings is 2. The molecule has 3 amide bonds. The van der Waals surface area contributed by atoms with E-state index in [0.29, 0.717) is 5.69 Å². The second-order valence-corrected chi connectivity index (χ2v) is 9.37. The first-order valence-corrected chi connectivity index (χ1v) is 11.2. The normalized spacial score (nSPS) is 33.1. The number of nitrogens with one attached hydrogen (secondary N) is 2. The molecule has 4 aliphatic rings. The van der Waals surface area contributed by atoms with Crippen molar-refractivity contribution in [3.63, 3.8) is 0 Å². The van der Waals surface area contributed by atoms with Crippen LogP contribution in [-0.4, -0.2) is 30.3 Å². The number of nitrogens with zero attached hydrogens (tertiary/aromatic N) is 1. The van der Waals surface area contributed by atoms with Gasteiger partial charge in [0.05, 0.1) is 17.9 Å². The second kappa shape index (κ2) is 6.26. The lowest BCUT2D eigenvalue weighted by molar-refractivity contribution is -0.948. The molecule has 4 heterocycles. The Labute approximate surface area is 181 Å². The van der Waals surface area contributed by atoms with Crippen molar-refractivity contribution in [3.8, 4) is 0 Å². The van der Waals surface area contributed by atoms with Crippen molar-refractivity contribution in [1.82, 2.24) is 0 Å². The highest BCUT2D eigenvalue weighted by Crippen LogP contribution is 2.52. The molecule has 2 N–H and O–H groups in total. The zero-order chi connectivity index (χ0) is 21.5. The lowest BCUT2D eigenvalue weighted by Gasteiger charge is -2.33. The minimum Gasteiger partial charge on any atom is -0.320 e. The monoisotopic (exact) mass is 416 g/mol. The predicted octanol–water partition coefficient (Wildman–Crippen LogP) is 1.57. The molecule has 3 saturated heterocycles. The number of hydrogen-bond acceptors (Lipinski definition) is 3. The molecule has 5 atom stereocenters. The third-order valence-electron chi connectivity index (χ3n) is 7.98. The molecule has 158 valence electrons. The van der Waals surface area contributed by atoms with Crippen molar-refractivity contribution in [1.29, 1.82) is 0 Å². The third-order valence-corrected chi connectivity index (χ3v) is 7.98. The number of anilines is 2. The Kier molecular flexibility index (Phi) is 3.79. The fraction of sp³-hybridized carbons (Fsp3) is 0.400. The van der Waals surface area contributed by atoms with Gasteiger partial charge >= 0.3 is 0 Å². The second-order valence-electron chi connectivity index (χ2n) is 9.37. The third kappa shape index (κ3) is 2.18. The summed E-state index contributed by atoms with van der Waals surface area (Å²) in [6.45, 7) is 4.88. The molecule has 2 aromatic carbocycles. The van der Waals surface area contributed by atoms with Crippen LogP contribution in [0, 0.1) is 18.8 Å². The van der Waals surface area contributed by atoms with Gasteiger partial charge in [0.25, 0.3) is 5.91 Å². The predicted molar refractivity (Wildman–Crippen MR) is 116 cm³/mol. The molecule has 0 aromatic heterocycles. The van der Waals surface area contributed by atoms with Crippen molar-refractivity contribution in [2.75, 3.05) is 16.8 Å². The van der Waals surface area contributed by atoms with Crippen LogP contribution >= 0.6 is 0 Å². The summed E-state index contributed by atoms with van der Waals surface area (Å²) in [5.74, 6) is -1.61. The fourth-order valence-electron chi connectivity index (χ4n) is 6.68. The van der Waals surface area contributed by atoms with Crippen LogP contribution in [0.25, 0.3) is 0 Å². The first kappa shape index (κ1) is 18.8. The molecule has 3 fully saturated rings. The van der Waals surface area contributed by atoms with E-state index in [2.05, 4.69) is 18.3 Å². The molecule has 6 rings (SSSR count). The van der Waals surface area contributed by atoms with Gasteiger partial charge in [-0.25, -0.2) is 4.90 Å². The number of rotatable bonds is 2. The fourth-order valence-corrected chi connectivity index (χ4v) is 6.68. The topological polar surface area (TPSA) is 70.9 Å². The summed E-state index contributed by atoms with van der Waals surface area (Å²) in [7, 11) is 0. The van der Waals surface area contributed by atoms with Crippen LogP contribution in [-0.2, 0) is 26.3 Å². The van der Waals surface area contributed by atoms with E-state index < -0.39 is 17.4 Å². The smallest absolute Gasteiger partial charge is 0.291 e. The van der Waals surface area contributed by atoms with Gasteiger partial charge in [-0.3, -0.25) is 14.4 Å². The van der Waals surface area contributed by atoms with Gasteiger partial charge < -0.3 is 10.2 Å². The lowest BCUT2D eigenvalue weighted by atomic mass is 9.75. The summed E-state index contributed by atoms with van der Waals surface area (Å²) in [5, 5.41) is 3.06. The standard InChI is InChI=1S/C25H25N3O3/c1-3-15-8-11-18-17(13-15)25(24(31)26-18)21-20(19-5-4-12-27(19)25)22(29)28(23(21)30)16-9-6-14(2)7-10-16/h6-11,13,19-21H,3-5,12H2,1-2H3,(H,26,31)/p+1/t19-,20+,21-,25+/m0/s1. The van der Waals surface area contributed by atoms with E-state index in [1.807, 2.05) is 43.3 Å². The number of aryl methyl sites for hydroxylation is 2. The molecule has 0 aliphatic carbocycles. The molecule has 2 aromatic rings. The molecule has 6 nitrogen and oxygen atoms in total. The summed E-state index contributed by atoms with van der Waals surface area (Å²) in [4.78, 5) is 43.7. The number of hydrogen-bond donors (Lipinski definition) is 2. The minimum atomic E-state index is -1.02. The van der Waals surface area contributed by atoms with Crippen LogP contribution in [0.1, 0.15) is 36.5 Å². The van der Waals surface area contributed by atoms with Crippen LogP contribution in [0.3, 0.4) is 0 Å². The van der Waals surface area contributed by atoms with Crippen LogP contribution in [0.5, 0.6) is 0 Å². The van der Waals surface area contributed by atoms with E-state index in [1.54, 1.807) is 0 Å². The van der Waals surface area contributed by atoms with Crippen LogP contribution in [0.15, 0.2) is 42.5 Å². The summed E-state index contributed by atoms with van der Waals surface area (Å²) < 4.78 is 0. The molecule has 1 unspecified atom stereocenters. The van der Waals surface area contributed by atoms with Crippen molar-refractivity contribution in [3.05, 3.63) is 59.2 Å². The summed E-state index contributed by atoms with van der Waals surface area (Å²) in [6, 6.07) is 13.6. The van der Waals surface area contributed by atoms with Gasteiger partial charge in [0.2, 0.25) is 17.4 Å². The van der Waals surface area contributed by atoms with E-state index in [-0.39, 0.29) is 23.8 Å². The number of quaternary nitrogens is 1. The number of carbonyl (C=O) groups excluding carboxylic acids is 3. The molecule has 0 radical (unpaired) electrons. The Morgan fingerprint density at radius 1 is 1.10 bits per heavy atom.